The molecular weight excluding hydrogens is 522 g/mol. The molecule has 1 aliphatic rings. The first-order valence-corrected chi connectivity index (χ1v) is 13.5. The Morgan fingerprint density at radius 2 is 1.95 bits per heavy atom. The van der Waals surface area contributed by atoms with Crippen molar-refractivity contribution in [3.05, 3.63) is 39.8 Å². The van der Waals surface area contributed by atoms with Gasteiger partial charge < -0.3 is 29.3 Å². The number of methoxy groups -OCH3 is 2. The smallest absolute Gasteiger partial charge is 0.404 e. The summed E-state index contributed by atoms with van der Waals surface area (Å²) in [6.07, 6.45) is 3.37. The van der Waals surface area contributed by atoms with Gasteiger partial charge in [0.05, 0.1) is 19.2 Å². The quantitative estimate of drug-likeness (QED) is 0.320. The number of piperidine rings is 1. The maximum Gasteiger partial charge on any atom is 0.404 e. The number of carbonyl (C=O) groups is 1. The average Bonchev–Trinajstić information content (AvgIpc) is 2.88. The minimum atomic E-state index is -1.43. The summed E-state index contributed by atoms with van der Waals surface area (Å²) in [4.78, 5) is 35.6. The summed E-state index contributed by atoms with van der Waals surface area (Å²) in [5.41, 5.74) is 0.830. The van der Waals surface area contributed by atoms with Crippen LogP contribution < -0.4 is 20.3 Å². The monoisotopic (exact) mass is 549 g/mol. The van der Waals surface area contributed by atoms with Crippen molar-refractivity contribution in [1.29, 1.82) is 0 Å². The van der Waals surface area contributed by atoms with Crippen LogP contribution in [0.25, 0.3) is 22.2 Å². The number of halogens is 1. The summed E-state index contributed by atoms with van der Waals surface area (Å²) in [5, 5.41) is 12.5. The molecule has 0 spiro atoms. The minimum Gasteiger partial charge on any atom is -0.609 e. The van der Waals surface area contributed by atoms with Crippen LogP contribution in [0.2, 0.25) is 5.02 Å². The van der Waals surface area contributed by atoms with Crippen LogP contribution in [-0.2, 0) is 17.7 Å². The molecule has 1 aromatic carbocycles. The summed E-state index contributed by atoms with van der Waals surface area (Å²) >= 11 is 5.18. The third-order valence-corrected chi connectivity index (χ3v) is 7.48. The molecule has 0 bridgehead atoms. The van der Waals surface area contributed by atoms with E-state index in [1.165, 1.54) is 20.5 Å². The molecule has 198 valence electrons. The van der Waals surface area contributed by atoms with Crippen molar-refractivity contribution in [2.75, 3.05) is 40.1 Å². The van der Waals surface area contributed by atoms with Crippen molar-refractivity contribution >= 4 is 39.9 Å². The van der Waals surface area contributed by atoms with Gasteiger partial charge in [0.25, 0.3) is 5.56 Å². The number of rotatable bonds is 8. The van der Waals surface area contributed by atoms with E-state index in [1.54, 1.807) is 29.0 Å². The van der Waals surface area contributed by atoms with E-state index in [9.17, 15) is 14.1 Å². The van der Waals surface area contributed by atoms with Crippen molar-refractivity contribution in [1.82, 2.24) is 24.8 Å². The number of hydrogen-bond acceptors (Lipinski definition) is 8. The second-order valence-corrected chi connectivity index (χ2v) is 10.3. The average molecular weight is 550 g/mol. The highest BCUT2D eigenvalue weighted by molar-refractivity contribution is 7.90. The van der Waals surface area contributed by atoms with Crippen LogP contribution in [0.4, 0.5) is 4.79 Å². The lowest BCUT2D eigenvalue weighted by atomic mass is 10.0. The summed E-state index contributed by atoms with van der Waals surface area (Å²) in [6.45, 7) is 2.23. The maximum atomic E-state index is 13.9. The number of likely N-dealkylation sites (tertiary alicyclic amines) is 1. The van der Waals surface area contributed by atoms with Gasteiger partial charge in [0.1, 0.15) is 17.8 Å². The van der Waals surface area contributed by atoms with Gasteiger partial charge in [-0.1, -0.05) is 11.6 Å². The number of fused-ring (bicyclic) bond motifs is 1. The van der Waals surface area contributed by atoms with Gasteiger partial charge in [0.15, 0.2) is 5.65 Å². The third kappa shape index (κ3) is 5.93. The molecule has 37 heavy (non-hydrogen) atoms. The van der Waals surface area contributed by atoms with Crippen molar-refractivity contribution in [3.8, 4) is 22.6 Å². The number of nitrogens with zero attached hydrogens (tertiary/aromatic N) is 4. The standard InChI is InChI=1S/C24H28ClN5O6S/c1-35-16-11-17(20(25)19(12-16)36-2)18-10-14-13-26-23(37(3)34)28-21(14)30(22(18)31)9-8-29-6-4-15(5-7-29)27-24(32)33/h10-13,15,27H,4-9H2,1-3H3,(H,32,33). The van der Waals surface area contributed by atoms with Crippen LogP contribution in [0.3, 0.4) is 0 Å². The third-order valence-electron chi connectivity index (χ3n) is 6.38. The van der Waals surface area contributed by atoms with Gasteiger partial charge >= 0.3 is 11.2 Å². The highest BCUT2D eigenvalue weighted by Gasteiger charge is 2.23. The SMILES string of the molecule is COc1cc(OC)c(Cl)c(-c2cc3cnc([S+](C)[O-])nc3n(CCN3CCC(NC(=O)O)CC3)c2=O)c1. The van der Waals surface area contributed by atoms with Crippen molar-refractivity contribution in [2.45, 2.75) is 30.6 Å². The van der Waals surface area contributed by atoms with E-state index in [0.717, 1.165) is 0 Å². The maximum absolute atomic E-state index is 13.9. The first-order chi connectivity index (χ1) is 17.7. The van der Waals surface area contributed by atoms with E-state index < -0.39 is 17.3 Å². The Morgan fingerprint density at radius 3 is 2.57 bits per heavy atom. The molecule has 1 unspecified atom stereocenters. The van der Waals surface area contributed by atoms with Gasteiger partial charge in [0, 0.05) is 72.2 Å². The zero-order valence-electron chi connectivity index (χ0n) is 20.7. The Bertz CT molecular complexity index is 1360. The minimum absolute atomic E-state index is 0.0827. The van der Waals surface area contributed by atoms with Gasteiger partial charge in [-0.05, 0) is 25.0 Å². The van der Waals surface area contributed by atoms with Crippen LogP contribution in [0.1, 0.15) is 12.8 Å². The number of benzene rings is 1. The van der Waals surface area contributed by atoms with Crippen LogP contribution in [0.5, 0.6) is 11.5 Å². The highest BCUT2D eigenvalue weighted by Crippen LogP contribution is 2.38. The molecule has 3 aromatic rings. The molecule has 1 aliphatic heterocycles. The molecule has 13 heteroatoms. The van der Waals surface area contributed by atoms with E-state index in [-0.39, 0.29) is 21.8 Å². The predicted molar refractivity (Wildman–Crippen MR) is 140 cm³/mol. The lowest BCUT2D eigenvalue weighted by Gasteiger charge is -2.31. The zero-order chi connectivity index (χ0) is 26.7. The number of ether oxygens (including phenoxy) is 2. The lowest BCUT2D eigenvalue weighted by Crippen LogP contribution is -2.45. The second-order valence-electron chi connectivity index (χ2n) is 8.66. The molecule has 1 atom stereocenters. The Kier molecular flexibility index (Phi) is 8.42. The molecule has 3 heterocycles. The van der Waals surface area contributed by atoms with E-state index in [0.29, 0.717) is 72.7 Å². The highest BCUT2D eigenvalue weighted by atomic mass is 35.5. The fourth-order valence-corrected chi connectivity index (χ4v) is 5.14. The Morgan fingerprint density at radius 1 is 1.22 bits per heavy atom. The molecule has 11 nitrogen and oxygen atoms in total. The van der Waals surface area contributed by atoms with E-state index >= 15 is 0 Å². The summed E-state index contributed by atoms with van der Waals surface area (Å²) in [5.74, 6) is 0.848. The number of nitrogens with one attached hydrogen (secondary N) is 1. The largest absolute Gasteiger partial charge is 0.609 e. The molecule has 0 saturated carbocycles. The van der Waals surface area contributed by atoms with Gasteiger partial charge in [-0.3, -0.25) is 9.36 Å². The molecule has 4 rings (SSSR count). The number of aromatic nitrogens is 3. The molecule has 1 amide bonds. The first kappa shape index (κ1) is 27.0. The van der Waals surface area contributed by atoms with Gasteiger partial charge in [0.2, 0.25) is 0 Å². The molecule has 1 saturated heterocycles. The van der Waals surface area contributed by atoms with Crippen LogP contribution >= 0.6 is 11.6 Å². The molecule has 0 aliphatic carbocycles. The Hall–Kier alpha value is -3.06. The van der Waals surface area contributed by atoms with E-state index in [2.05, 4.69) is 20.2 Å². The fraction of sp³-hybridized carbons (Fsp3) is 0.417. The summed E-state index contributed by atoms with van der Waals surface area (Å²) in [6, 6.07) is 4.90. The Balaban J connectivity index is 1.74. The Labute approximate surface area is 221 Å². The van der Waals surface area contributed by atoms with Crippen LogP contribution in [-0.4, -0.2) is 81.3 Å². The topological polar surface area (TPSA) is 142 Å². The lowest BCUT2D eigenvalue weighted by molar-refractivity contribution is 0.166. The molecule has 2 aromatic heterocycles. The number of carboxylic acid groups (broad SMARTS) is 1. The number of hydrogen-bond donors (Lipinski definition) is 2. The van der Waals surface area contributed by atoms with E-state index in [4.69, 9.17) is 26.2 Å². The zero-order valence-corrected chi connectivity index (χ0v) is 22.3. The summed E-state index contributed by atoms with van der Waals surface area (Å²) in [7, 11) is 3.00. The number of amides is 1. The molecule has 1 fully saturated rings. The molecule has 0 radical (unpaired) electrons. The summed E-state index contributed by atoms with van der Waals surface area (Å²) < 4.78 is 24.4. The van der Waals surface area contributed by atoms with Crippen LogP contribution in [0, 0.1) is 0 Å². The second kappa shape index (κ2) is 11.5. The van der Waals surface area contributed by atoms with E-state index in [1.807, 2.05) is 0 Å². The number of pyridine rings is 1. The van der Waals surface area contributed by atoms with Crippen molar-refractivity contribution in [2.24, 2.45) is 0 Å². The predicted octanol–water partition coefficient (Wildman–Crippen LogP) is 2.60. The normalized spacial score (nSPS) is 15.5. The van der Waals surface area contributed by atoms with Crippen molar-refractivity contribution in [3.63, 3.8) is 0 Å². The fourth-order valence-electron chi connectivity index (χ4n) is 4.43. The van der Waals surface area contributed by atoms with Gasteiger partial charge in [-0.25, -0.2) is 4.79 Å². The van der Waals surface area contributed by atoms with Crippen LogP contribution in [0.15, 0.2) is 34.3 Å². The van der Waals surface area contributed by atoms with Gasteiger partial charge in [-0.2, -0.15) is 9.97 Å². The first-order valence-electron chi connectivity index (χ1n) is 11.6. The molecular formula is C24H28ClN5O6S. The van der Waals surface area contributed by atoms with Crippen molar-refractivity contribution < 1.29 is 23.9 Å². The van der Waals surface area contributed by atoms with Gasteiger partial charge in [-0.15, -0.1) is 0 Å². The molecule has 2 N–H and O–H groups in total.